The maximum atomic E-state index is 8.78. The van der Waals surface area contributed by atoms with Crippen molar-refractivity contribution >= 4 is 6.21 Å². The number of allylic oxidation sites excluding steroid dienone is 3. The third kappa shape index (κ3) is 4.05. The number of aliphatic hydroxyl groups is 2. The summed E-state index contributed by atoms with van der Waals surface area (Å²) in [5, 5.41) is 24.3. The van der Waals surface area contributed by atoms with Crippen molar-refractivity contribution in [2.24, 2.45) is 5.92 Å². The summed E-state index contributed by atoms with van der Waals surface area (Å²) in [7, 11) is 0. The summed E-state index contributed by atoms with van der Waals surface area (Å²) >= 11 is 0. The van der Waals surface area contributed by atoms with E-state index in [1.165, 1.54) is 6.21 Å². The summed E-state index contributed by atoms with van der Waals surface area (Å²) in [6.07, 6.45) is 6.24. The van der Waals surface area contributed by atoms with Gasteiger partial charge in [0.15, 0.2) is 0 Å². The number of rotatable bonds is 5. The summed E-state index contributed by atoms with van der Waals surface area (Å²) in [4.78, 5) is 0. The average molecular weight is 169 g/mol. The Balaban J connectivity index is 4.13. The quantitative estimate of drug-likeness (QED) is 0.420. The van der Waals surface area contributed by atoms with Crippen molar-refractivity contribution in [1.82, 2.24) is 0 Å². The van der Waals surface area contributed by atoms with Gasteiger partial charge in [0.05, 0.1) is 13.2 Å². The molecule has 0 aliphatic carbocycles. The first-order valence-corrected chi connectivity index (χ1v) is 3.81. The molecule has 0 amide bonds. The van der Waals surface area contributed by atoms with Gasteiger partial charge in [-0.05, 0) is 13.0 Å². The lowest BCUT2D eigenvalue weighted by molar-refractivity contribution is 0.171. The Morgan fingerprint density at radius 2 is 1.92 bits per heavy atom. The van der Waals surface area contributed by atoms with Crippen molar-refractivity contribution in [1.29, 1.82) is 5.41 Å². The minimum Gasteiger partial charge on any atom is -0.396 e. The molecule has 3 N–H and O–H groups in total. The Bertz CT molecular complexity index is 181. The summed E-state index contributed by atoms with van der Waals surface area (Å²) in [5.41, 5.74) is 0.915. The molecule has 0 aliphatic heterocycles. The lowest BCUT2D eigenvalue weighted by atomic mass is 10.0. The molecule has 0 rings (SSSR count). The number of aliphatic hydroxyl groups excluding tert-OH is 2. The molecule has 0 aromatic rings. The van der Waals surface area contributed by atoms with Gasteiger partial charge in [-0.15, -0.1) is 0 Å². The van der Waals surface area contributed by atoms with E-state index in [0.29, 0.717) is 0 Å². The van der Waals surface area contributed by atoms with Crippen LogP contribution in [0.15, 0.2) is 23.8 Å². The predicted octanol–water partition coefficient (Wildman–Crippen LogP) is 0.739. The molecule has 0 spiro atoms. The second kappa shape index (κ2) is 6.76. The van der Waals surface area contributed by atoms with Crippen LogP contribution in [0.4, 0.5) is 0 Å². The zero-order valence-electron chi connectivity index (χ0n) is 7.20. The largest absolute Gasteiger partial charge is 0.396 e. The molecule has 0 aliphatic rings. The van der Waals surface area contributed by atoms with Crippen LogP contribution in [0.2, 0.25) is 0 Å². The van der Waals surface area contributed by atoms with Crippen LogP contribution in [0.25, 0.3) is 0 Å². The molecule has 0 atom stereocenters. The van der Waals surface area contributed by atoms with Crippen LogP contribution in [0.1, 0.15) is 6.92 Å². The molecule has 0 heterocycles. The van der Waals surface area contributed by atoms with Gasteiger partial charge in [-0.3, -0.25) is 0 Å². The SMILES string of the molecule is C/C(=C\C=C/C=N)C(CO)CO. The molecule has 0 unspecified atom stereocenters. The summed E-state index contributed by atoms with van der Waals surface area (Å²) < 4.78 is 0. The highest BCUT2D eigenvalue weighted by molar-refractivity contribution is 5.68. The Labute approximate surface area is 72.6 Å². The van der Waals surface area contributed by atoms with Gasteiger partial charge < -0.3 is 15.6 Å². The maximum absolute atomic E-state index is 8.78. The van der Waals surface area contributed by atoms with Crippen molar-refractivity contribution in [2.75, 3.05) is 13.2 Å². The molecule has 0 aromatic heterocycles. The lowest BCUT2D eigenvalue weighted by Gasteiger charge is -2.09. The molecular weight excluding hydrogens is 154 g/mol. The zero-order valence-corrected chi connectivity index (χ0v) is 7.20. The smallest absolute Gasteiger partial charge is 0.0518 e. The van der Waals surface area contributed by atoms with Crippen molar-refractivity contribution in [3.63, 3.8) is 0 Å². The van der Waals surface area contributed by atoms with E-state index in [0.717, 1.165) is 5.57 Å². The molecular formula is C9H15NO2. The van der Waals surface area contributed by atoms with Crippen LogP contribution in [0.3, 0.4) is 0 Å². The summed E-state index contributed by atoms with van der Waals surface area (Å²) in [6.45, 7) is 1.75. The van der Waals surface area contributed by atoms with Gasteiger partial charge in [-0.1, -0.05) is 17.7 Å². The third-order valence-electron chi connectivity index (χ3n) is 1.65. The van der Waals surface area contributed by atoms with Crippen molar-refractivity contribution in [3.8, 4) is 0 Å². The Morgan fingerprint density at radius 1 is 1.33 bits per heavy atom. The fraction of sp³-hybridized carbons (Fsp3) is 0.444. The fourth-order valence-electron chi connectivity index (χ4n) is 0.745. The second-order valence-electron chi connectivity index (χ2n) is 2.52. The minimum atomic E-state index is -0.180. The first-order chi connectivity index (χ1) is 5.76. The van der Waals surface area contributed by atoms with Crippen LogP contribution in [0.5, 0.6) is 0 Å². The normalized spacial score (nSPS) is 12.8. The summed E-state index contributed by atoms with van der Waals surface area (Å²) in [6, 6.07) is 0. The molecule has 0 radical (unpaired) electrons. The van der Waals surface area contributed by atoms with Gasteiger partial charge in [0, 0.05) is 12.1 Å². The Kier molecular flexibility index (Phi) is 6.24. The monoisotopic (exact) mass is 169 g/mol. The van der Waals surface area contributed by atoms with Crippen molar-refractivity contribution < 1.29 is 10.2 Å². The zero-order chi connectivity index (χ0) is 9.40. The van der Waals surface area contributed by atoms with Crippen LogP contribution < -0.4 is 0 Å². The molecule has 0 bridgehead atoms. The van der Waals surface area contributed by atoms with Gasteiger partial charge in [-0.25, -0.2) is 0 Å². The maximum Gasteiger partial charge on any atom is 0.0518 e. The highest BCUT2D eigenvalue weighted by atomic mass is 16.3. The van der Waals surface area contributed by atoms with Gasteiger partial charge in [0.2, 0.25) is 0 Å². The Hall–Kier alpha value is -0.930. The van der Waals surface area contributed by atoms with E-state index in [4.69, 9.17) is 15.6 Å². The van der Waals surface area contributed by atoms with Crippen LogP contribution in [0, 0.1) is 11.3 Å². The van der Waals surface area contributed by atoms with E-state index in [1.807, 2.05) is 6.92 Å². The lowest BCUT2D eigenvalue weighted by Crippen LogP contribution is -2.11. The molecule has 3 heteroatoms. The molecule has 0 saturated carbocycles. The molecule has 68 valence electrons. The standard InChI is InChI=1S/C9H15NO2/c1-8(4-2-3-5-10)9(6-11)7-12/h2-5,9-12H,6-7H2,1H3/b3-2-,8-4+,10-5?. The molecule has 12 heavy (non-hydrogen) atoms. The summed E-state index contributed by atoms with van der Waals surface area (Å²) in [5.74, 6) is -0.180. The fourth-order valence-corrected chi connectivity index (χ4v) is 0.745. The van der Waals surface area contributed by atoms with E-state index >= 15 is 0 Å². The van der Waals surface area contributed by atoms with E-state index in [2.05, 4.69) is 0 Å². The highest BCUT2D eigenvalue weighted by Gasteiger charge is 2.05. The van der Waals surface area contributed by atoms with Gasteiger partial charge in [-0.2, -0.15) is 0 Å². The van der Waals surface area contributed by atoms with Gasteiger partial charge in [0.1, 0.15) is 0 Å². The number of nitrogens with one attached hydrogen (secondary N) is 1. The van der Waals surface area contributed by atoms with E-state index in [9.17, 15) is 0 Å². The second-order valence-corrected chi connectivity index (χ2v) is 2.52. The number of hydrogen-bond donors (Lipinski definition) is 3. The van der Waals surface area contributed by atoms with E-state index < -0.39 is 0 Å². The molecule has 3 nitrogen and oxygen atoms in total. The Morgan fingerprint density at radius 3 is 2.33 bits per heavy atom. The molecule has 0 saturated heterocycles. The van der Waals surface area contributed by atoms with Crippen molar-refractivity contribution in [2.45, 2.75) is 6.92 Å². The number of hydrogen-bond acceptors (Lipinski definition) is 3. The predicted molar refractivity (Wildman–Crippen MR) is 49.3 cm³/mol. The first kappa shape index (κ1) is 11.1. The van der Waals surface area contributed by atoms with Crippen molar-refractivity contribution in [3.05, 3.63) is 23.8 Å². The molecule has 0 fully saturated rings. The van der Waals surface area contributed by atoms with Crippen LogP contribution in [-0.4, -0.2) is 29.6 Å². The minimum absolute atomic E-state index is 0.0444. The van der Waals surface area contributed by atoms with E-state index in [-0.39, 0.29) is 19.1 Å². The highest BCUT2D eigenvalue weighted by Crippen LogP contribution is 2.08. The van der Waals surface area contributed by atoms with Gasteiger partial charge in [0.25, 0.3) is 0 Å². The first-order valence-electron chi connectivity index (χ1n) is 3.81. The molecule has 0 aromatic carbocycles. The van der Waals surface area contributed by atoms with Gasteiger partial charge >= 0.3 is 0 Å². The topological polar surface area (TPSA) is 64.3 Å². The average Bonchev–Trinajstić information content (AvgIpc) is 2.07. The van der Waals surface area contributed by atoms with Crippen LogP contribution >= 0.6 is 0 Å². The van der Waals surface area contributed by atoms with Crippen LogP contribution in [-0.2, 0) is 0 Å². The third-order valence-corrected chi connectivity index (χ3v) is 1.65. The van der Waals surface area contributed by atoms with E-state index in [1.54, 1.807) is 18.2 Å².